The van der Waals surface area contributed by atoms with Crippen LogP contribution in [-0.4, -0.2) is 21.9 Å². The first-order chi connectivity index (χ1) is 14.8. The van der Waals surface area contributed by atoms with Crippen molar-refractivity contribution < 1.29 is 4.79 Å². The molecule has 0 fully saturated rings. The van der Waals surface area contributed by atoms with Gasteiger partial charge in [0.15, 0.2) is 0 Å². The van der Waals surface area contributed by atoms with Crippen molar-refractivity contribution in [3.63, 3.8) is 0 Å². The zero-order chi connectivity index (χ0) is 20.6. The third-order valence-corrected chi connectivity index (χ3v) is 5.53. The molecular weight excluding hydrogens is 392 g/mol. The van der Waals surface area contributed by atoms with Gasteiger partial charge in [0.05, 0.1) is 11.6 Å². The van der Waals surface area contributed by atoms with E-state index < -0.39 is 0 Å². The third kappa shape index (κ3) is 5.37. The van der Waals surface area contributed by atoms with E-state index in [0.717, 1.165) is 27.3 Å². The largest absolute Gasteiger partial charge is 0.325 e. The Labute approximate surface area is 179 Å². The SMILES string of the molecule is O=C(Nc1cccc(-c2ccncc2)c1)C(Cc1ccccc1)NCc1cncs1. The molecule has 0 aliphatic rings. The summed E-state index contributed by atoms with van der Waals surface area (Å²) in [5.41, 5.74) is 5.78. The van der Waals surface area contributed by atoms with Crippen LogP contribution in [0.25, 0.3) is 11.1 Å². The Morgan fingerprint density at radius 3 is 2.53 bits per heavy atom. The Morgan fingerprint density at radius 1 is 0.933 bits per heavy atom. The molecule has 4 rings (SSSR count). The molecule has 0 aliphatic carbocycles. The smallest absolute Gasteiger partial charge is 0.241 e. The Bertz CT molecular complexity index is 1070. The predicted octanol–water partition coefficient (Wildman–Crippen LogP) is 4.54. The van der Waals surface area contributed by atoms with Gasteiger partial charge in [-0.15, -0.1) is 11.3 Å². The fourth-order valence-corrected chi connectivity index (χ4v) is 3.76. The molecule has 150 valence electrons. The maximum atomic E-state index is 13.1. The van der Waals surface area contributed by atoms with Gasteiger partial charge in [0, 0.05) is 35.7 Å². The van der Waals surface area contributed by atoms with Crippen molar-refractivity contribution in [1.29, 1.82) is 0 Å². The summed E-state index contributed by atoms with van der Waals surface area (Å²) in [6.45, 7) is 0.604. The lowest BCUT2D eigenvalue weighted by atomic mass is 10.0. The minimum atomic E-state index is -0.362. The first-order valence-electron chi connectivity index (χ1n) is 9.74. The van der Waals surface area contributed by atoms with Crippen LogP contribution in [0, 0.1) is 0 Å². The van der Waals surface area contributed by atoms with Gasteiger partial charge in [-0.05, 0) is 47.4 Å². The Kier molecular flexibility index (Phi) is 6.59. The Hall–Kier alpha value is -3.35. The highest BCUT2D eigenvalue weighted by atomic mass is 32.1. The number of nitrogens with zero attached hydrogens (tertiary/aromatic N) is 2. The van der Waals surface area contributed by atoms with Crippen LogP contribution in [0.3, 0.4) is 0 Å². The minimum Gasteiger partial charge on any atom is -0.325 e. The number of nitrogens with one attached hydrogen (secondary N) is 2. The van der Waals surface area contributed by atoms with E-state index >= 15 is 0 Å². The van der Waals surface area contributed by atoms with Gasteiger partial charge in [-0.3, -0.25) is 14.8 Å². The minimum absolute atomic E-state index is 0.0600. The van der Waals surface area contributed by atoms with E-state index in [2.05, 4.69) is 20.6 Å². The molecule has 1 atom stereocenters. The van der Waals surface area contributed by atoms with Gasteiger partial charge in [0.25, 0.3) is 0 Å². The zero-order valence-corrected chi connectivity index (χ0v) is 17.2. The molecule has 2 aromatic carbocycles. The van der Waals surface area contributed by atoms with E-state index in [-0.39, 0.29) is 11.9 Å². The molecule has 1 amide bonds. The average Bonchev–Trinajstić information content (AvgIpc) is 3.32. The molecule has 4 aromatic rings. The molecule has 0 spiro atoms. The van der Waals surface area contributed by atoms with Crippen LogP contribution in [0.15, 0.2) is 90.8 Å². The quantitative estimate of drug-likeness (QED) is 0.444. The number of aromatic nitrogens is 2. The standard InChI is InChI=1S/C24H22N4OS/c29-24(28-21-8-4-7-20(14-21)19-9-11-25-12-10-19)23(13-18-5-2-1-3-6-18)27-16-22-15-26-17-30-22/h1-12,14-15,17,23,27H,13,16H2,(H,28,29). The summed E-state index contributed by atoms with van der Waals surface area (Å²) < 4.78 is 0. The first-order valence-corrected chi connectivity index (χ1v) is 10.6. The summed E-state index contributed by atoms with van der Waals surface area (Å²) >= 11 is 1.58. The highest BCUT2D eigenvalue weighted by Gasteiger charge is 2.19. The van der Waals surface area contributed by atoms with E-state index in [1.807, 2.05) is 72.9 Å². The Morgan fingerprint density at radius 2 is 1.77 bits per heavy atom. The predicted molar refractivity (Wildman–Crippen MR) is 121 cm³/mol. The van der Waals surface area contributed by atoms with Crippen molar-refractivity contribution in [1.82, 2.24) is 15.3 Å². The summed E-state index contributed by atoms with van der Waals surface area (Å²) in [6.07, 6.45) is 5.96. The number of thiazole rings is 1. The normalized spacial score (nSPS) is 11.7. The lowest BCUT2D eigenvalue weighted by Gasteiger charge is -2.19. The maximum absolute atomic E-state index is 13.1. The highest BCUT2D eigenvalue weighted by Crippen LogP contribution is 2.22. The first kappa shape index (κ1) is 19.9. The van der Waals surface area contributed by atoms with E-state index in [1.165, 1.54) is 0 Å². The molecule has 5 nitrogen and oxygen atoms in total. The summed E-state index contributed by atoms with van der Waals surface area (Å²) in [6, 6.07) is 21.4. The number of amides is 1. The molecule has 0 bridgehead atoms. The molecule has 1 unspecified atom stereocenters. The molecule has 2 heterocycles. The lowest BCUT2D eigenvalue weighted by molar-refractivity contribution is -0.118. The molecule has 0 saturated heterocycles. The van der Waals surface area contributed by atoms with Crippen LogP contribution >= 0.6 is 11.3 Å². The number of pyridine rings is 1. The number of carbonyl (C=O) groups is 1. The van der Waals surface area contributed by atoms with Gasteiger partial charge in [0.2, 0.25) is 5.91 Å². The highest BCUT2D eigenvalue weighted by molar-refractivity contribution is 7.09. The van der Waals surface area contributed by atoms with Crippen molar-refractivity contribution in [3.05, 3.63) is 101 Å². The molecule has 2 N–H and O–H groups in total. The van der Waals surface area contributed by atoms with Gasteiger partial charge in [-0.1, -0.05) is 42.5 Å². The van der Waals surface area contributed by atoms with E-state index in [4.69, 9.17) is 0 Å². The van der Waals surface area contributed by atoms with Crippen LogP contribution in [-0.2, 0) is 17.8 Å². The van der Waals surface area contributed by atoms with Crippen LogP contribution < -0.4 is 10.6 Å². The zero-order valence-electron chi connectivity index (χ0n) is 16.4. The average molecular weight is 415 g/mol. The molecular formula is C24H22N4OS. The van der Waals surface area contributed by atoms with Crippen LogP contribution in [0.1, 0.15) is 10.4 Å². The van der Waals surface area contributed by atoms with Crippen molar-refractivity contribution in [3.8, 4) is 11.1 Å². The molecule has 0 radical (unpaired) electrons. The van der Waals surface area contributed by atoms with Crippen LogP contribution in [0.2, 0.25) is 0 Å². The number of benzene rings is 2. The number of rotatable bonds is 8. The van der Waals surface area contributed by atoms with Crippen molar-refractivity contribution >= 4 is 22.9 Å². The Balaban J connectivity index is 1.49. The number of hydrogen-bond donors (Lipinski definition) is 2. The number of carbonyl (C=O) groups excluding carboxylic acids is 1. The fraction of sp³-hybridized carbons (Fsp3) is 0.125. The summed E-state index contributed by atoms with van der Waals surface area (Å²) in [5, 5.41) is 6.46. The second-order valence-corrected chi connectivity index (χ2v) is 7.87. The van der Waals surface area contributed by atoms with E-state index in [0.29, 0.717) is 13.0 Å². The second kappa shape index (κ2) is 9.91. The van der Waals surface area contributed by atoms with Crippen molar-refractivity contribution in [2.45, 2.75) is 19.0 Å². The van der Waals surface area contributed by atoms with Crippen LogP contribution in [0.4, 0.5) is 5.69 Å². The molecule has 30 heavy (non-hydrogen) atoms. The van der Waals surface area contributed by atoms with Gasteiger partial charge in [-0.2, -0.15) is 0 Å². The monoisotopic (exact) mass is 414 g/mol. The van der Waals surface area contributed by atoms with Gasteiger partial charge >= 0.3 is 0 Å². The van der Waals surface area contributed by atoms with Gasteiger partial charge in [-0.25, -0.2) is 0 Å². The van der Waals surface area contributed by atoms with E-state index in [1.54, 1.807) is 29.2 Å². The van der Waals surface area contributed by atoms with Crippen molar-refractivity contribution in [2.24, 2.45) is 0 Å². The fourth-order valence-electron chi connectivity index (χ4n) is 3.21. The molecule has 6 heteroatoms. The third-order valence-electron chi connectivity index (χ3n) is 4.75. The molecule has 2 aromatic heterocycles. The summed E-state index contributed by atoms with van der Waals surface area (Å²) in [4.78, 5) is 22.4. The second-order valence-electron chi connectivity index (χ2n) is 6.90. The molecule has 0 aliphatic heterocycles. The van der Waals surface area contributed by atoms with Crippen LogP contribution in [0.5, 0.6) is 0 Å². The number of anilines is 1. The van der Waals surface area contributed by atoms with Crippen molar-refractivity contribution in [2.75, 3.05) is 5.32 Å². The summed E-state index contributed by atoms with van der Waals surface area (Å²) in [5.74, 6) is -0.0600. The molecule has 0 saturated carbocycles. The lowest BCUT2D eigenvalue weighted by Crippen LogP contribution is -2.41. The topological polar surface area (TPSA) is 66.9 Å². The number of hydrogen-bond acceptors (Lipinski definition) is 5. The maximum Gasteiger partial charge on any atom is 0.241 e. The van der Waals surface area contributed by atoms with Gasteiger partial charge < -0.3 is 10.6 Å². The van der Waals surface area contributed by atoms with E-state index in [9.17, 15) is 4.79 Å². The van der Waals surface area contributed by atoms with Gasteiger partial charge in [0.1, 0.15) is 0 Å². The summed E-state index contributed by atoms with van der Waals surface area (Å²) in [7, 11) is 0.